The minimum Gasteiger partial charge on any atom is -0.388 e. The van der Waals surface area contributed by atoms with Crippen LogP contribution >= 0.6 is 0 Å². The molecule has 3 aromatic rings. The molecule has 1 atom stereocenters. The van der Waals surface area contributed by atoms with Gasteiger partial charge in [0.05, 0.1) is 11.1 Å². The number of aryl methyl sites for hydroxylation is 1. The van der Waals surface area contributed by atoms with Gasteiger partial charge >= 0.3 is 0 Å². The SMILES string of the molecule is Cn1cnnc1CC1(O)CCCN(Cc2ccc3ncccc3c2)C1. The fourth-order valence-corrected chi connectivity index (χ4v) is 3.73. The number of rotatable bonds is 4. The molecule has 0 aliphatic carbocycles. The predicted octanol–water partition coefficient (Wildman–Crippen LogP) is 1.93. The molecule has 0 saturated carbocycles. The van der Waals surface area contributed by atoms with Crippen molar-refractivity contribution in [2.24, 2.45) is 7.05 Å². The van der Waals surface area contributed by atoms with Crippen LogP contribution in [0.3, 0.4) is 0 Å². The van der Waals surface area contributed by atoms with Crippen molar-refractivity contribution in [3.63, 3.8) is 0 Å². The van der Waals surface area contributed by atoms with E-state index in [2.05, 4.69) is 44.3 Å². The van der Waals surface area contributed by atoms with Gasteiger partial charge in [0.25, 0.3) is 0 Å². The zero-order chi connectivity index (χ0) is 17.3. The first-order valence-corrected chi connectivity index (χ1v) is 8.73. The van der Waals surface area contributed by atoms with E-state index in [1.165, 1.54) is 5.56 Å². The molecule has 4 rings (SSSR count). The molecule has 2 aromatic heterocycles. The van der Waals surface area contributed by atoms with E-state index < -0.39 is 5.60 Å². The van der Waals surface area contributed by atoms with E-state index in [1.54, 1.807) is 6.33 Å². The highest BCUT2D eigenvalue weighted by Gasteiger charge is 2.34. The fourth-order valence-electron chi connectivity index (χ4n) is 3.73. The number of nitrogens with zero attached hydrogens (tertiary/aromatic N) is 5. The van der Waals surface area contributed by atoms with Crippen molar-refractivity contribution in [2.75, 3.05) is 13.1 Å². The van der Waals surface area contributed by atoms with Gasteiger partial charge in [-0.05, 0) is 43.1 Å². The molecule has 3 heterocycles. The molecule has 130 valence electrons. The second kappa shape index (κ2) is 6.54. The van der Waals surface area contributed by atoms with Crippen LogP contribution in [0.2, 0.25) is 0 Å². The lowest BCUT2D eigenvalue weighted by Gasteiger charge is -2.39. The Morgan fingerprint density at radius 1 is 1.28 bits per heavy atom. The average molecular weight is 337 g/mol. The fraction of sp³-hybridized carbons (Fsp3) is 0.421. The molecule has 0 amide bonds. The molecule has 1 saturated heterocycles. The van der Waals surface area contributed by atoms with E-state index in [1.807, 2.05) is 23.9 Å². The summed E-state index contributed by atoms with van der Waals surface area (Å²) >= 11 is 0. The molecule has 0 radical (unpaired) electrons. The van der Waals surface area contributed by atoms with Gasteiger partial charge in [-0.3, -0.25) is 9.88 Å². The topological polar surface area (TPSA) is 67.1 Å². The van der Waals surface area contributed by atoms with E-state index in [0.29, 0.717) is 13.0 Å². The van der Waals surface area contributed by atoms with Crippen molar-refractivity contribution in [2.45, 2.75) is 31.4 Å². The smallest absolute Gasteiger partial charge is 0.135 e. The standard InChI is InChI=1S/C19H23N5O/c1-23-14-21-22-18(23)11-19(25)7-3-9-24(13-19)12-15-5-6-17-16(10-15)4-2-8-20-17/h2,4-6,8,10,14,25H,3,7,9,11-13H2,1H3. The lowest BCUT2D eigenvalue weighted by Crippen LogP contribution is -2.49. The maximum Gasteiger partial charge on any atom is 0.135 e. The Morgan fingerprint density at radius 3 is 3.04 bits per heavy atom. The minimum absolute atomic E-state index is 0.543. The highest BCUT2D eigenvalue weighted by Crippen LogP contribution is 2.26. The van der Waals surface area contributed by atoms with Crippen LogP contribution in [0.25, 0.3) is 10.9 Å². The lowest BCUT2D eigenvalue weighted by molar-refractivity contribution is -0.0344. The number of piperidine rings is 1. The van der Waals surface area contributed by atoms with Gasteiger partial charge < -0.3 is 9.67 Å². The van der Waals surface area contributed by atoms with Crippen molar-refractivity contribution in [3.05, 3.63) is 54.2 Å². The Bertz CT molecular complexity index is 877. The molecule has 0 bridgehead atoms. The molecule has 1 N–H and O–H groups in total. The summed E-state index contributed by atoms with van der Waals surface area (Å²) in [6.07, 6.45) is 5.84. The first-order chi connectivity index (χ1) is 12.1. The third kappa shape index (κ3) is 3.55. The maximum atomic E-state index is 11.1. The highest BCUT2D eigenvalue weighted by atomic mass is 16.3. The molecule has 6 heteroatoms. The molecule has 1 fully saturated rings. The summed E-state index contributed by atoms with van der Waals surface area (Å²) in [4.78, 5) is 6.70. The summed E-state index contributed by atoms with van der Waals surface area (Å²) in [5, 5.41) is 20.3. The monoisotopic (exact) mass is 337 g/mol. The van der Waals surface area contributed by atoms with Crippen molar-refractivity contribution >= 4 is 10.9 Å². The molecule has 25 heavy (non-hydrogen) atoms. The van der Waals surface area contributed by atoms with E-state index in [0.717, 1.165) is 42.7 Å². The normalized spacial score (nSPS) is 21.7. The molecular weight excluding hydrogens is 314 g/mol. The van der Waals surface area contributed by atoms with Crippen molar-refractivity contribution in [3.8, 4) is 0 Å². The van der Waals surface area contributed by atoms with Gasteiger partial charge in [-0.2, -0.15) is 0 Å². The second-order valence-electron chi connectivity index (χ2n) is 7.10. The zero-order valence-electron chi connectivity index (χ0n) is 14.5. The molecule has 1 aliphatic rings. The predicted molar refractivity (Wildman–Crippen MR) is 95.9 cm³/mol. The third-order valence-corrected chi connectivity index (χ3v) is 5.00. The number of likely N-dealkylation sites (tertiary alicyclic amines) is 1. The van der Waals surface area contributed by atoms with E-state index in [4.69, 9.17) is 0 Å². The van der Waals surface area contributed by atoms with Gasteiger partial charge in [-0.1, -0.05) is 12.1 Å². The quantitative estimate of drug-likeness (QED) is 0.788. The summed E-state index contributed by atoms with van der Waals surface area (Å²) in [7, 11) is 1.92. The summed E-state index contributed by atoms with van der Waals surface area (Å²) in [5.74, 6) is 0.834. The summed E-state index contributed by atoms with van der Waals surface area (Å²) in [5.41, 5.74) is 1.53. The van der Waals surface area contributed by atoms with Gasteiger partial charge in [0, 0.05) is 38.1 Å². The summed E-state index contributed by atoms with van der Waals surface area (Å²) < 4.78 is 1.88. The van der Waals surface area contributed by atoms with Crippen molar-refractivity contribution < 1.29 is 5.11 Å². The Kier molecular flexibility index (Phi) is 4.23. The Balaban J connectivity index is 1.47. The van der Waals surface area contributed by atoms with E-state index in [-0.39, 0.29) is 0 Å². The van der Waals surface area contributed by atoms with Gasteiger partial charge in [0.2, 0.25) is 0 Å². The number of aromatic nitrogens is 4. The number of β-amino-alcohol motifs (C(OH)–C–C–N with tert-alkyl or cyclic N) is 1. The first-order valence-electron chi connectivity index (χ1n) is 8.73. The first kappa shape index (κ1) is 16.2. The highest BCUT2D eigenvalue weighted by molar-refractivity contribution is 5.78. The molecule has 6 nitrogen and oxygen atoms in total. The van der Waals surface area contributed by atoms with Crippen LogP contribution in [0.15, 0.2) is 42.9 Å². The zero-order valence-corrected chi connectivity index (χ0v) is 14.5. The Labute approximate surface area is 147 Å². The molecular formula is C19H23N5O. The summed E-state index contributed by atoms with van der Waals surface area (Å²) in [6, 6.07) is 10.4. The van der Waals surface area contributed by atoms with Crippen LogP contribution in [0, 0.1) is 0 Å². The Hall–Kier alpha value is -2.31. The van der Waals surface area contributed by atoms with Gasteiger partial charge in [0.15, 0.2) is 0 Å². The molecule has 1 unspecified atom stereocenters. The number of hydrogen-bond donors (Lipinski definition) is 1. The van der Waals surface area contributed by atoms with Gasteiger partial charge in [-0.25, -0.2) is 0 Å². The Morgan fingerprint density at radius 2 is 2.20 bits per heavy atom. The number of fused-ring (bicyclic) bond motifs is 1. The van der Waals surface area contributed by atoms with E-state index in [9.17, 15) is 5.11 Å². The molecule has 0 spiro atoms. The minimum atomic E-state index is -0.739. The average Bonchev–Trinajstić information content (AvgIpc) is 2.99. The third-order valence-electron chi connectivity index (χ3n) is 5.00. The van der Waals surface area contributed by atoms with Gasteiger partial charge in [0.1, 0.15) is 12.2 Å². The maximum absolute atomic E-state index is 11.1. The number of pyridine rings is 1. The number of hydrogen-bond acceptors (Lipinski definition) is 5. The second-order valence-corrected chi connectivity index (χ2v) is 7.10. The van der Waals surface area contributed by atoms with Crippen LogP contribution in [-0.2, 0) is 20.0 Å². The molecule has 1 aromatic carbocycles. The van der Waals surface area contributed by atoms with Crippen LogP contribution in [0.1, 0.15) is 24.2 Å². The van der Waals surface area contributed by atoms with Crippen LogP contribution in [0.5, 0.6) is 0 Å². The molecule has 1 aliphatic heterocycles. The largest absolute Gasteiger partial charge is 0.388 e. The van der Waals surface area contributed by atoms with Crippen molar-refractivity contribution in [1.29, 1.82) is 0 Å². The lowest BCUT2D eigenvalue weighted by atomic mass is 9.89. The van der Waals surface area contributed by atoms with Crippen LogP contribution < -0.4 is 0 Å². The van der Waals surface area contributed by atoms with Crippen LogP contribution in [0.4, 0.5) is 0 Å². The number of aliphatic hydroxyl groups is 1. The van der Waals surface area contributed by atoms with Crippen LogP contribution in [-0.4, -0.2) is 48.4 Å². The summed E-state index contributed by atoms with van der Waals surface area (Å²) in [6.45, 7) is 2.50. The number of benzene rings is 1. The van der Waals surface area contributed by atoms with Gasteiger partial charge in [-0.15, -0.1) is 10.2 Å². The van der Waals surface area contributed by atoms with Crippen molar-refractivity contribution in [1.82, 2.24) is 24.6 Å². The van der Waals surface area contributed by atoms with E-state index >= 15 is 0 Å².